The van der Waals surface area contributed by atoms with E-state index < -0.39 is 6.09 Å². The Morgan fingerprint density at radius 1 is 1.44 bits per heavy atom. The van der Waals surface area contributed by atoms with Crippen LogP contribution in [0.5, 0.6) is 0 Å². The molecule has 1 amide bonds. The zero-order valence-electron chi connectivity index (χ0n) is 10.4. The summed E-state index contributed by atoms with van der Waals surface area (Å²) < 4.78 is 0. The van der Waals surface area contributed by atoms with Gasteiger partial charge in [-0.05, 0) is 29.5 Å². The average Bonchev–Trinajstić information content (AvgIpc) is 2.81. The fraction of sp³-hybridized carbons (Fsp3) is 0.357. The lowest BCUT2D eigenvalue weighted by molar-refractivity contribution is 0.189. The van der Waals surface area contributed by atoms with E-state index in [2.05, 4.69) is 17.2 Å². The van der Waals surface area contributed by atoms with Crippen molar-refractivity contribution in [1.82, 2.24) is 10.3 Å². The summed E-state index contributed by atoms with van der Waals surface area (Å²) in [7, 11) is 0. The second kappa shape index (κ2) is 5.58. The zero-order valence-corrected chi connectivity index (χ0v) is 10.4. The van der Waals surface area contributed by atoms with Crippen LogP contribution in [-0.2, 0) is 0 Å². The van der Waals surface area contributed by atoms with E-state index in [0.717, 1.165) is 35.7 Å². The molecule has 1 heterocycles. The molecular weight excluding hydrogens is 228 g/mol. The van der Waals surface area contributed by atoms with E-state index >= 15 is 0 Å². The molecule has 2 rings (SSSR count). The zero-order chi connectivity index (χ0) is 13.0. The van der Waals surface area contributed by atoms with Crippen molar-refractivity contribution in [2.45, 2.75) is 32.2 Å². The quantitative estimate of drug-likeness (QED) is 0.753. The SMILES string of the molecule is CCCCC(NC(=O)O)c1ccc2cc[nH]c2c1. The van der Waals surface area contributed by atoms with Gasteiger partial charge in [-0.15, -0.1) is 0 Å². The van der Waals surface area contributed by atoms with Gasteiger partial charge >= 0.3 is 6.09 Å². The number of carboxylic acid groups (broad SMARTS) is 1. The lowest BCUT2D eigenvalue weighted by Gasteiger charge is -2.17. The first-order valence-corrected chi connectivity index (χ1v) is 6.27. The monoisotopic (exact) mass is 246 g/mol. The molecule has 4 heteroatoms. The standard InChI is InChI=1S/C14H18N2O2/c1-2-3-4-12(16-14(17)18)11-6-5-10-7-8-15-13(10)9-11/h5-9,12,15-16H,2-4H2,1H3,(H,17,18). The van der Waals surface area contributed by atoms with E-state index in [-0.39, 0.29) is 6.04 Å². The number of hydrogen-bond donors (Lipinski definition) is 3. The summed E-state index contributed by atoms with van der Waals surface area (Å²) in [5.74, 6) is 0. The molecule has 0 aliphatic rings. The van der Waals surface area contributed by atoms with Gasteiger partial charge in [0.05, 0.1) is 6.04 Å². The molecule has 4 nitrogen and oxygen atoms in total. The largest absolute Gasteiger partial charge is 0.465 e. The molecule has 18 heavy (non-hydrogen) atoms. The minimum absolute atomic E-state index is 0.129. The van der Waals surface area contributed by atoms with Crippen molar-refractivity contribution >= 4 is 17.0 Å². The number of aromatic amines is 1. The van der Waals surface area contributed by atoms with E-state index in [1.807, 2.05) is 30.5 Å². The molecular formula is C14H18N2O2. The number of fused-ring (bicyclic) bond motifs is 1. The summed E-state index contributed by atoms with van der Waals surface area (Å²) in [6.07, 6.45) is 3.81. The van der Waals surface area contributed by atoms with Gasteiger partial charge in [-0.2, -0.15) is 0 Å². The number of aromatic nitrogens is 1. The molecule has 0 saturated heterocycles. The molecule has 2 aromatic rings. The van der Waals surface area contributed by atoms with Crippen LogP contribution in [0.4, 0.5) is 4.79 Å². The Morgan fingerprint density at radius 2 is 2.28 bits per heavy atom. The molecule has 0 aliphatic carbocycles. The van der Waals surface area contributed by atoms with Gasteiger partial charge in [0.2, 0.25) is 0 Å². The second-order valence-electron chi connectivity index (χ2n) is 4.47. The van der Waals surface area contributed by atoms with Crippen LogP contribution in [0.3, 0.4) is 0 Å². The fourth-order valence-electron chi connectivity index (χ4n) is 2.16. The Balaban J connectivity index is 2.24. The maximum Gasteiger partial charge on any atom is 0.405 e. The van der Waals surface area contributed by atoms with Crippen LogP contribution >= 0.6 is 0 Å². The van der Waals surface area contributed by atoms with E-state index in [0.29, 0.717) is 0 Å². The van der Waals surface area contributed by atoms with Gasteiger partial charge in [0.15, 0.2) is 0 Å². The second-order valence-corrected chi connectivity index (χ2v) is 4.47. The van der Waals surface area contributed by atoms with Crippen molar-refractivity contribution in [3.8, 4) is 0 Å². The fourth-order valence-corrected chi connectivity index (χ4v) is 2.16. The van der Waals surface area contributed by atoms with Crippen molar-refractivity contribution < 1.29 is 9.90 Å². The first-order chi connectivity index (χ1) is 8.70. The summed E-state index contributed by atoms with van der Waals surface area (Å²) in [5, 5.41) is 12.6. The Labute approximate surface area is 106 Å². The maximum atomic E-state index is 10.8. The highest BCUT2D eigenvalue weighted by Crippen LogP contribution is 2.23. The van der Waals surface area contributed by atoms with Crippen molar-refractivity contribution in [1.29, 1.82) is 0 Å². The molecule has 0 saturated carbocycles. The molecule has 0 bridgehead atoms. The molecule has 96 valence electrons. The molecule has 1 unspecified atom stereocenters. The number of H-pyrrole nitrogens is 1. The van der Waals surface area contributed by atoms with Gasteiger partial charge < -0.3 is 15.4 Å². The number of hydrogen-bond acceptors (Lipinski definition) is 1. The minimum Gasteiger partial charge on any atom is -0.465 e. The molecule has 1 aromatic carbocycles. The number of nitrogens with one attached hydrogen (secondary N) is 2. The number of rotatable bonds is 5. The maximum absolute atomic E-state index is 10.8. The van der Waals surface area contributed by atoms with Crippen LogP contribution in [0.25, 0.3) is 10.9 Å². The van der Waals surface area contributed by atoms with E-state index in [1.54, 1.807) is 0 Å². The smallest absolute Gasteiger partial charge is 0.405 e. The van der Waals surface area contributed by atoms with Gasteiger partial charge in [0.25, 0.3) is 0 Å². The van der Waals surface area contributed by atoms with Crippen molar-refractivity contribution in [2.24, 2.45) is 0 Å². The number of amides is 1. The molecule has 1 atom stereocenters. The summed E-state index contributed by atoms with van der Waals surface area (Å²) in [6.45, 7) is 2.10. The number of benzene rings is 1. The lowest BCUT2D eigenvalue weighted by atomic mass is 10.0. The Kier molecular flexibility index (Phi) is 3.87. The Bertz CT molecular complexity index is 533. The predicted octanol–water partition coefficient (Wildman–Crippen LogP) is 3.67. The van der Waals surface area contributed by atoms with E-state index in [1.165, 1.54) is 0 Å². The molecule has 0 radical (unpaired) electrons. The summed E-state index contributed by atoms with van der Waals surface area (Å²) in [5.41, 5.74) is 2.06. The molecule has 0 aliphatic heterocycles. The Morgan fingerprint density at radius 3 is 3.00 bits per heavy atom. The highest BCUT2D eigenvalue weighted by Gasteiger charge is 2.13. The van der Waals surface area contributed by atoms with Crippen molar-refractivity contribution in [2.75, 3.05) is 0 Å². The average molecular weight is 246 g/mol. The van der Waals surface area contributed by atoms with Gasteiger partial charge in [-0.3, -0.25) is 0 Å². The third kappa shape index (κ3) is 2.83. The third-order valence-electron chi connectivity index (χ3n) is 3.13. The molecule has 0 fully saturated rings. The van der Waals surface area contributed by atoms with Crippen LogP contribution in [-0.4, -0.2) is 16.2 Å². The first-order valence-electron chi connectivity index (χ1n) is 6.27. The topological polar surface area (TPSA) is 65.1 Å². The van der Waals surface area contributed by atoms with Crippen molar-refractivity contribution in [3.63, 3.8) is 0 Å². The first kappa shape index (κ1) is 12.5. The van der Waals surface area contributed by atoms with E-state index in [9.17, 15) is 4.79 Å². The van der Waals surface area contributed by atoms with Crippen LogP contribution in [0.15, 0.2) is 30.5 Å². The van der Waals surface area contributed by atoms with Crippen LogP contribution in [0.2, 0.25) is 0 Å². The lowest BCUT2D eigenvalue weighted by Crippen LogP contribution is -2.26. The Hall–Kier alpha value is -1.97. The van der Waals surface area contributed by atoms with E-state index in [4.69, 9.17) is 5.11 Å². The minimum atomic E-state index is -0.970. The van der Waals surface area contributed by atoms with Gasteiger partial charge in [-0.25, -0.2) is 4.79 Å². The van der Waals surface area contributed by atoms with Crippen LogP contribution in [0.1, 0.15) is 37.8 Å². The third-order valence-corrected chi connectivity index (χ3v) is 3.13. The summed E-state index contributed by atoms with van der Waals surface area (Å²) in [6, 6.07) is 7.90. The van der Waals surface area contributed by atoms with Gasteiger partial charge in [-0.1, -0.05) is 31.9 Å². The number of carbonyl (C=O) groups is 1. The summed E-state index contributed by atoms with van der Waals surface area (Å²) in [4.78, 5) is 14.0. The highest BCUT2D eigenvalue weighted by atomic mass is 16.4. The molecule has 0 spiro atoms. The van der Waals surface area contributed by atoms with Crippen LogP contribution < -0.4 is 5.32 Å². The molecule has 3 N–H and O–H groups in total. The number of unbranched alkanes of at least 4 members (excludes halogenated alkanes) is 1. The highest BCUT2D eigenvalue weighted by molar-refractivity contribution is 5.80. The van der Waals surface area contributed by atoms with Crippen molar-refractivity contribution in [3.05, 3.63) is 36.0 Å². The molecule has 1 aromatic heterocycles. The van der Waals surface area contributed by atoms with Gasteiger partial charge in [0, 0.05) is 11.7 Å². The van der Waals surface area contributed by atoms with Gasteiger partial charge in [0.1, 0.15) is 0 Å². The predicted molar refractivity (Wildman–Crippen MR) is 71.7 cm³/mol. The normalized spacial score (nSPS) is 12.5. The summed E-state index contributed by atoms with van der Waals surface area (Å²) >= 11 is 0. The van der Waals surface area contributed by atoms with Crippen LogP contribution in [0, 0.1) is 0 Å².